The molecule has 1 aromatic carbocycles. The van der Waals surface area contributed by atoms with Gasteiger partial charge in [0.15, 0.2) is 0 Å². The van der Waals surface area contributed by atoms with E-state index < -0.39 is 13.0 Å². The van der Waals surface area contributed by atoms with Crippen LogP contribution in [0, 0.1) is 0 Å². The van der Waals surface area contributed by atoms with E-state index in [0.717, 1.165) is 6.42 Å². The summed E-state index contributed by atoms with van der Waals surface area (Å²) in [6, 6.07) is 7.37. The molecule has 0 fully saturated rings. The molecule has 0 bridgehead atoms. The summed E-state index contributed by atoms with van der Waals surface area (Å²) in [5.41, 5.74) is 1.19. The predicted octanol–water partition coefficient (Wildman–Crippen LogP) is 4.12. The van der Waals surface area contributed by atoms with Crippen molar-refractivity contribution in [3.63, 3.8) is 0 Å². The minimum atomic E-state index is -4.59. The summed E-state index contributed by atoms with van der Waals surface area (Å²) in [4.78, 5) is 0. The van der Waals surface area contributed by atoms with Gasteiger partial charge in [0.1, 0.15) is 12.4 Å². The van der Waals surface area contributed by atoms with Gasteiger partial charge in [0, 0.05) is 0 Å². The minimum Gasteiger partial charge on any atom is -0.491 e. The standard InChI is InChI=1S/C13H17F3O2/c1-3-10(2)11-4-6-12(7-5-11)17-8-9-18-13(14,15)16/h4-7,10H,3,8-9H2,1-2H3. The first-order chi connectivity index (χ1) is 8.42. The zero-order valence-electron chi connectivity index (χ0n) is 10.5. The molecular formula is C13H17F3O2. The molecule has 0 aromatic heterocycles. The Balaban J connectivity index is 2.35. The van der Waals surface area contributed by atoms with E-state index >= 15 is 0 Å². The Hall–Kier alpha value is -1.23. The van der Waals surface area contributed by atoms with Crippen LogP contribution in [-0.2, 0) is 4.74 Å². The second-order valence-electron chi connectivity index (χ2n) is 4.02. The maximum absolute atomic E-state index is 11.7. The highest BCUT2D eigenvalue weighted by Crippen LogP contribution is 2.21. The van der Waals surface area contributed by atoms with Gasteiger partial charge in [0.2, 0.25) is 0 Å². The molecule has 0 aliphatic carbocycles. The molecule has 1 rings (SSSR count). The molecule has 18 heavy (non-hydrogen) atoms. The van der Waals surface area contributed by atoms with Gasteiger partial charge in [-0.05, 0) is 30.0 Å². The first-order valence-electron chi connectivity index (χ1n) is 5.86. The summed E-state index contributed by atoms with van der Waals surface area (Å²) in [5, 5.41) is 0. The average molecular weight is 262 g/mol. The van der Waals surface area contributed by atoms with Gasteiger partial charge >= 0.3 is 6.36 Å². The third kappa shape index (κ3) is 5.40. The molecule has 0 aliphatic rings. The molecule has 0 heterocycles. The largest absolute Gasteiger partial charge is 0.522 e. The monoisotopic (exact) mass is 262 g/mol. The number of alkyl halides is 3. The van der Waals surface area contributed by atoms with Crippen LogP contribution in [0.25, 0.3) is 0 Å². The van der Waals surface area contributed by atoms with Crippen LogP contribution < -0.4 is 4.74 Å². The highest BCUT2D eigenvalue weighted by molar-refractivity contribution is 5.29. The Morgan fingerprint density at radius 2 is 1.72 bits per heavy atom. The highest BCUT2D eigenvalue weighted by Gasteiger charge is 2.28. The molecule has 0 saturated heterocycles. The number of rotatable bonds is 6. The second-order valence-corrected chi connectivity index (χ2v) is 4.02. The molecule has 0 radical (unpaired) electrons. The zero-order valence-corrected chi connectivity index (χ0v) is 10.5. The fourth-order valence-corrected chi connectivity index (χ4v) is 1.45. The Bertz CT molecular complexity index is 346. The average Bonchev–Trinajstić information content (AvgIpc) is 2.33. The molecule has 1 unspecified atom stereocenters. The van der Waals surface area contributed by atoms with Gasteiger partial charge in [-0.25, -0.2) is 0 Å². The Labute approximate surface area is 105 Å². The second kappa shape index (κ2) is 6.64. The van der Waals surface area contributed by atoms with E-state index in [1.165, 1.54) is 5.56 Å². The summed E-state index contributed by atoms with van der Waals surface area (Å²) in [6.07, 6.45) is -3.55. The van der Waals surface area contributed by atoms with Gasteiger partial charge in [-0.15, -0.1) is 13.2 Å². The topological polar surface area (TPSA) is 18.5 Å². The van der Waals surface area contributed by atoms with Crippen LogP contribution in [0.3, 0.4) is 0 Å². The summed E-state index contributed by atoms with van der Waals surface area (Å²) >= 11 is 0. The van der Waals surface area contributed by atoms with Gasteiger partial charge in [-0.2, -0.15) is 0 Å². The third-order valence-electron chi connectivity index (χ3n) is 2.68. The van der Waals surface area contributed by atoms with Crippen molar-refractivity contribution in [3.05, 3.63) is 29.8 Å². The van der Waals surface area contributed by atoms with Crippen LogP contribution in [0.2, 0.25) is 0 Å². The van der Waals surface area contributed by atoms with Crippen molar-refractivity contribution >= 4 is 0 Å². The molecule has 0 amide bonds. The van der Waals surface area contributed by atoms with Crippen molar-refractivity contribution in [1.82, 2.24) is 0 Å². The van der Waals surface area contributed by atoms with E-state index in [0.29, 0.717) is 11.7 Å². The lowest BCUT2D eigenvalue weighted by Gasteiger charge is -2.11. The molecule has 0 saturated carbocycles. The van der Waals surface area contributed by atoms with Gasteiger partial charge in [-0.1, -0.05) is 26.0 Å². The van der Waals surface area contributed by atoms with E-state index in [1.54, 1.807) is 12.1 Å². The van der Waals surface area contributed by atoms with Crippen LogP contribution in [0.15, 0.2) is 24.3 Å². The van der Waals surface area contributed by atoms with Crippen LogP contribution >= 0.6 is 0 Å². The highest BCUT2D eigenvalue weighted by atomic mass is 19.4. The van der Waals surface area contributed by atoms with Gasteiger partial charge in [-0.3, -0.25) is 4.74 Å². The first-order valence-corrected chi connectivity index (χ1v) is 5.86. The number of hydrogen-bond acceptors (Lipinski definition) is 2. The van der Waals surface area contributed by atoms with E-state index in [1.807, 2.05) is 12.1 Å². The fraction of sp³-hybridized carbons (Fsp3) is 0.538. The van der Waals surface area contributed by atoms with E-state index in [2.05, 4.69) is 18.6 Å². The van der Waals surface area contributed by atoms with E-state index in [9.17, 15) is 13.2 Å². The molecule has 0 N–H and O–H groups in total. The smallest absolute Gasteiger partial charge is 0.491 e. The van der Waals surface area contributed by atoms with Crippen molar-refractivity contribution in [2.75, 3.05) is 13.2 Å². The molecule has 5 heteroatoms. The van der Waals surface area contributed by atoms with Crippen LogP contribution in [0.4, 0.5) is 13.2 Å². The summed E-state index contributed by atoms with van der Waals surface area (Å²) < 4.78 is 43.8. The number of hydrogen-bond donors (Lipinski definition) is 0. The van der Waals surface area contributed by atoms with Gasteiger partial charge < -0.3 is 4.74 Å². The number of benzene rings is 1. The lowest BCUT2D eigenvalue weighted by molar-refractivity contribution is -0.325. The summed E-state index contributed by atoms with van der Waals surface area (Å²) in [6.45, 7) is 3.59. The Kier molecular flexibility index (Phi) is 5.47. The molecule has 0 aliphatic heterocycles. The predicted molar refractivity (Wildman–Crippen MR) is 62.7 cm³/mol. The van der Waals surface area contributed by atoms with Crippen LogP contribution in [0.5, 0.6) is 5.75 Å². The van der Waals surface area contributed by atoms with Crippen molar-refractivity contribution in [1.29, 1.82) is 0 Å². The SMILES string of the molecule is CCC(C)c1ccc(OCCOC(F)(F)F)cc1. The quantitative estimate of drug-likeness (QED) is 0.718. The van der Waals surface area contributed by atoms with Crippen molar-refractivity contribution in [3.8, 4) is 5.75 Å². The minimum absolute atomic E-state index is 0.123. The summed E-state index contributed by atoms with van der Waals surface area (Å²) in [5.74, 6) is 1.01. The van der Waals surface area contributed by atoms with Crippen LogP contribution in [0.1, 0.15) is 31.7 Å². The lowest BCUT2D eigenvalue weighted by Crippen LogP contribution is -2.18. The lowest BCUT2D eigenvalue weighted by atomic mass is 9.99. The van der Waals surface area contributed by atoms with Crippen LogP contribution in [-0.4, -0.2) is 19.6 Å². The Morgan fingerprint density at radius 3 is 2.22 bits per heavy atom. The third-order valence-corrected chi connectivity index (χ3v) is 2.68. The van der Waals surface area contributed by atoms with E-state index in [4.69, 9.17) is 4.74 Å². The zero-order chi connectivity index (χ0) is 13.6. The summed E-state index contributed by atoms with van der Waals surface area (Å²) in [7, 11) is 0. The first kappa shape index (κ1) is 14.8. The van der Waals surface area contributed by atoms with Crippen molar-refractivity contribution in [2.45, 2.75) is 32.5 Å². The fourth-order valence-electron chi connectivity index (χ4n) is 1.45. The van der Waals surface area contributed by atoms with Crippen molar-refractivity contribution in [2.24, 2.45) is 0 Å². The normalized spacial score (nSPS) is 13.4. The number of halogens is 3. The Morgan fingerprint density at radius 1 is 1.11 bits per heavy atom. The van der Waals surface area contributed by atoms with Gasteiger partial charge in [0.05, 0.1) is 6.61 Å². The molecule has 1 atom stereocenters. The maximum atomic E-state index is 11.7. The molecule has 1 aromatic rings. The molecule has 2 nitrogen and oxygen atoms in total. The molecule has 0 spiro atoms. The number of ether oxygens (including phenoxy) is 2. The van der Waals surface area contributed by atoms with E-state index in [-0.39, 0.29) is 6.61 Å². The maximum Gasteiger partial charge on any atom is 0.522 e. The van der Waals surface area contributed by atoms with Gasteiger partial charge in [0.25, 0.3) is 0 Å². The molecular weight excluding hydrogens is 245 g/mol. The molecule has 102 valence electrons. The van der Waals surface area contributed by atoms with Crippen molar-refractivity contribution < 1.29 is 22.6 Å².